The van der Waals surface area contributed by atoms with Gasteiger partial charge in [-0.1, -0.05) is 75.9 Å². The van der Waals surface area contributed by atoms with Crippen LogP contribution >= 0.6 is 0 Å². The minimum absolute atomic E-state index is 0. The fraction of sp³-hybridized carbons (Fsp3) is 0.600. The zero-order chi connectivity index (χ0) is 22.1. The molecular weight excluding hydrogens is 401 g/mol. The van der Waals surface area contributed by atoms with Crippen LogP contribution in [0.4, 0.5) is 0 Å². The molecule has 0 aromatic heterocycles. The van der Waals surface area contributed by atoms with Gasteiger partial charge in [-0.3, -0.25) is 9.59 Å². The van der Waals surface area contributed by atoms with E-state index < -0.39 is 5.97 Å². The molecule has 0 spiro atoms. The molecule has 0 heterocycles. The van der Waals surface area contributed by atoms with Gasteiger partial charge in [0, 0.05) is 12.5 Å². The molecule has 0 fully saturated rings. The topological polar surface area (TPSA) is 66.4 Å². The summed E-state index contributed by atoms with van der Waals surface area (Å²) in [5.74, 6) is 0.270. The number of hydrogen-bond donors (Lipinski definition) is 2. The number of benzene rings is 1. The van der Waals surface area contributed by atoms with Crippen LogP contribution in [0.1, 0.15) is 77.7 Å². The number of nitrogens with one attached hydrogen (secondary N) is 1. The number of amides is 1. The van der Waals surface area contributed by atoms with Gasteiger partial charge in [0.2, 0.25) is 0 Å². The Balaban J connectivity index is 0. The SMILES string of the molecule is [CH2-]CC(=O)N[C@@H](CCC(=O)O)CC(CCCC)CC(C)C.[CH2-]Cc1ccccc1.[K+]. The van der Waals surface area contributed by atoms with Crippen molar-refractivity contribution in [2.45, 2.75) is 84.6 Å². The van der Waals surface area contributed by atoms with E-state index >= 15 is 0 Å². The van der Waals surface area contributed by atoms with Crippen LogP contribution in [0, 0.1) is 25.7 Å². The Morgan fingerprint density at radius 2 is 1.70 bits per heavy atom. The Labute approximate surface area is 227 Å². The minimum Gasteiger partial charge on any atom is -0.481 e. The van der Waals surface area contributed by atoms with E-state index in [4.69, 9.17) is 5.11 Å². The summed E-state index contributed by atoms with van der Waals surface area (Å²) in [7, 11) is 0. The van der Waals surface area contributed by atoms with Crippen LogP contribution in [0.2, 0.25) is 0 Å². The Kier molecular flexibility index (Phi) is 22.0. The van der Waals surface area contributed by atoms with Gasteiger partial charge in [0.15, 0.2) is 5.91 Å². The molecule has 1 aromatic carbocycles. The van der Waals surface area contributed by atoms with Crippen LogP contribution in [0.3, 0.4) is 0 Å². The van der Waals surface area contributed by atoms with Gasteiger partial charge in [-0.15, -0.1) is 6.42 Å². The van der Waals surface area contributed by atoms with Crippen LogP contribution < -0.4 is 56.7 Å². The molecule has 0 saturated heterocycles. The predicted octanol–water partition coefficient (Wildman–Crippen LogP) is 2.87. The van der Waals surface area contributed by atoms with E-state index in [-0.39, 0.29) is 76.2 Å². The zero-order valence-corrected chi connectivity index (χ0v) is 22.8. The van der Waals surface area contributed by atoms with Gasteiger partial charge in [-0.05, 0) is 31.1 Å². The van der Waals surface area contributed by atoms with Crippen molar-refractivity contribution in [2.75, 3.05) is 0 Å². The molecule has 1 rings (SSSR count). The van der Waals surface area contributed by atoms with Crippen molar-refractivity contribution >= 4 is 11.9 Å². The van der Waals surface area contributed by atoms with E-state index in [1.807, 2.05) is 18.2 Å². The molecule has 30 heavy (non-hydrogen) atoms. The second-order valence-corrected chi connectivity index (χ2v) is 8.06. The van der Waals surface area contributed by atoms with Gasteiger partial charge in [-0.25, -0.2) is 0 Å². The maximum absolute atomic E-state index is 11.6. The smallest absolute Gasteiger partial charge is 0.481 e. The summed E-state index contributed by atoms with van der Waals surface area (Å²) >= 11 is 0. The summed E-state index contributed by atoms with van der Waals surface area (Å²) in [5.41, 5.74) is 1.30. The van der Waals surface area contributed by atoms with Crippen LogP contribution in [0.15, 0.2) is 30.3 Å². The zero-order valence-electron chi connectivity index (χ0n) is 19.7. The molecule has 0 bridgehead atoms. The number of carbonyl (C=O) groups is 2. The average molecular weight is 443 g/mol. The van der Waals surface area contributed by atoms with Crippen molar-refractivity contribution in [2.24, 2.45) is 11.8 Å². The van der Waals surface area contributed by atoms with E-state index in [9.17, 15) is 9.59 Å². The predicted molar refractivity (Wildman–Crippen MR) is 121 cm³/mol. The number of unbranched alkanes of at least 4 members (excludes halogenated alkanes) is 1. The van der Waals surface area contributed by atoms with E-state index in [1.54, 1.807) is 0 Å². The first-order valence-electron chi connectivity index (χ1n) is 11.0. The third-order valence-corrected chi connectivity index (χ3v) is 4.82. The number of carboxylic acid groups (broad SMARTS) is 1. The first-order chi connectivity index (χ1) is 13.8. The molecule has 4 nitrogen and oxygen atoms in total. The average Bonchev–Trinajstić information content (AvgIpc) is 2.70. The molecule has 1 amide bonds. The maximum atomic E-state index is 11.6. The van der Waals surface area contributed by atoms with Crippen LogP contribution in [0.25, 0.3) is 0 Å². The fourth-order valence-corrected chi connectivity index (χ4v) is 3.38. The Morgan fingerprint density at radius 3 is 2.13 bits per heavy atom. The first-order valence-corrected chi connectivity index (χ1v) is 11.0. The Hall–Kier alpha value is -0.204. The van der Waals surface area contributed by atoms with Crippen molar-refractivity contribution in [3.8, 4) is 0 Å². The van der Waals surface area contributed by atoms with Crippen molar-refractivity contribution in [3.63, 3.8) is 0 Å². The van der Waals surface area contributed by atoms with Crippen molar-refractivity contribution in [1.82, 2.24) is 5.32 Å². The van der Waals surface area contributed by atoms with Crippen molar-refractivity contribution < 1.29 is 66.1 Å². The first kappa shape index (κ1) is 32.0. The molecular formula is C25H41KNO3-. The molecule has 0 aliphatic rings. The normalized spacial score (nSPS) is 12.2. The van der Waals surface area contributed by atoms with Gasteiger partial charge in [-0.2, -0.15) is 6.42 Å². The van der Waals surface area contributed by atoms with Crippen LogP contribution in [0.5, 0.6) is 0 Å². The number of aliphatic carboxylic acids is 1. The molecule has 0 saturated carbocycles. The van der Waals surface area contributed by atoms with Crippen LogP contribution in [-0.4, -0.2) is 23.0 Å². The second-order valence-electron chi connectivity index (χ2n) is 8.06. The third-order valence-electron chi connectivity index (χ3n) is 4.82. The quantitative estimate of drug-likeness (QED) is 0.365. The van der Waals surface area contributed by atoms with E-state index in [1.165, 1.54) is 18.4 Å². The molecule has 0 radical (unpaired) electrons. The summed E-state index contributed by atoms with van der Waals surface area (Å²) < 4.78 is 0. The molecule has 166 valence electrons. The fourth-order valence-electron chi connectivity index (χ4n) is 3.38. The maximum Gasteiger partial charge on any atom is 1.00 e. The Bertz CT molecular complexity index is 549. The third kappa shape index (κ3) is 18.6. The van der Waals surface area contributed by atoms with Gasteiger partial charge >= 0.3 is 57.4 Å². The standard InChI is InChI=1S/C17H32NO3.C8H9.K/c1-5-7-8-14(11-13(3)4)12-15(9-10-17(20)21)18-16(19)6-2;1-2-8-6-4-3-5-7-8;/h13-15H,2,5-12H2,1,3-4H3,(H,18,19)(H,20,21);3-7H,1-2H2;/q2*-1;+1/t14?,15-;;/m0../s1. The van der Waals surface area contributed by atoms with E-state index in [0.717, 1.165) is 25.7 Å². The van der Waals surface area contributed by atoms with E-state index in [0.29, 0.717) is 18.3 Å². The summed E-state index contributed by atoms with van der Waals surface area (Å²) in [4.78, 5) is 22.3. The number of carbonyl (C=O) groups excluding carboxylic acids is 1. The number of hydrogen-bond acceptors (Lipinski definition) is 2. The number of carboxylic acids is 1. The summed E-state index contributed by atoms with van der Waals surface area (Å²) in [6.07, 6.45) is 7.20. The monoisotopic (exact) mass is 442 g/mol. The molecule has 2 N–H and O–H groups in total. The van der Waals surface area contributed by atoms with Crippen LogP contribution in [-0.2, 0) is 16.0 Å². The second kappa shape index (κ2) is 20.7. The van der Waals surface area contributed by atoms with Crippen molar-refractivity contribution in [1.29, 1.82) is 0 Å². The molecule has 5 heteroatoms. The molecule has 0 aliphatic heterocycles. The van der Waals surface area contributed by atoms with Gasteiger partial charge in [0.25, 0.3) is 0 Å². The van der Waals surface area contributed by atoms with E-state index in [2.05, 4.69) is 52.1 Å². The largest absolute Gasteiger partial charge is 1.00 e. The summed E-state index contributed by atoms with van der Waals surface area (Å²) in [6.45, 7) is 13.9. The molecule has 2 atom stereocenters. The summed E-state index contributed by atoms with van der Waals surface area (Å²) in [5, 5.41) is 11.8. The molecule has 1 aromatic rings. The summed E-state index contributed by atoms with van der Waals surface area (Å²) in [6, 6.07) is 10.2. The minimum atomic E-state index is -0.808. The van der Waals surface area contributed by atoms with Crippen molar-refractivity contribution in [3.05, 3.63) is 49.7 Å². The molecule has 0 aliphatic carbocycles. The number of rotatable bonds is 13. The van der Waals surface area contributed by atoms with Gasteiger partial charge < -0.3 is 24.3 Å². The Morgan fingerprint density at radius 1 is 1.07 bits per heavy atom. The molecule has 1 unspecified atom stereocenters. The van der Waals surface area contributed by atoms with Gasteiger partial charge in [0.05, 0.1) is 0 Å². The van der Waals surface area contributed by atoms with Gasteiger partial charge in [0.1, 0.15) is 0 Å².